The van der Waals surface area contributed by atoms with Crippen LogP contribution in [-0.2, 0) is 16.0 Å². The van der Waals surface area contributed by atoms with Crippen molar-refractivity contribution in [2.24, 2.45) is 0 Å². The Morgan fingerprint density at radius 1 is 1.28 bits per heavy atom. The van der Waals surface area contributed by atoms with Crippen molar-refractivity contribution in [2.45, 2.75) is 18.9 Å². The Bertz CT molecular complexity index is 1040. The molecule has 2 aromatic rings. The van der Waals surface area contributed by atoms with Gasteiger partial charge in [-0.1, -0.05) is 24.3 Å². The summed E-state index contributed by atoms with van der Waals surface area (Å²) in [6.45, 7) is 2.04. The van der Waals surface area contributed by atoms with Crippen LogP contribution in [0.1, 0.15) is 33.9 Å². The van der Waals surface area contributed by atoms with Gasteiger partial charge in [0.1, 0.15) is 12.2 Å². The molecule has 1 saturated heterocycles. The van der Waals surface area contributed by atoms with Gasteiger partial charge in [0.2, 0.25) is 5.91 Å². The van der Waals surface area contributed by atoms with Crippen LogP contribution in [0.3, 0.4) is 0 Å². The van der Waals surface area contributed by atoms with Crippen molar-refractivity contribution < 1.29 is 19.2 Å². The summed E-state index contributed by atoms with van der Waals surface area (Å²) >= 11 is 0. The minimum atomic E-state index is -0.504. The number of methoxy groups -OCH3 is 1. The predicted octanol–water partition coefficient (Wildman–Crippen LogP) is 2.62. The molecular formula is C23H26N4O5. The van der Waals surface area contributed by atoms with Crippen molar-refractivity contribution >= 4 is 23.2 Å². The molecule has 0 radical (unpaired) electrons. The molecule has 168 valence electrons. The van der Waals surface area contributed by atoms with Crippen molar-refractivity contribution in [3.8, 4) is 0 Å². The molecular weight excluding hydrogens is 412 g/mol. The number of amides is 2. The third-order valence-corrected chi connectivity index (χ3v) is 6.02. The van der Waals surface area contributed by atoms with Gasteiger partial charge >= 0.3 is 0 Å². The quantitative estimate of drug-likeness (QED) is 0.405. The van der Waals surface area contributed by atoms with Crippen LogP contribution in [-0.4, -0.2) is 66.4 Å². The fourth-order valence-electron chi connectivity index (χ4n) is 4.42. The van der Waals surface area contributed by atoms with Crippen LogP contribution in [0.2, 0.25) is 0 Å². The maximum atomic E-state index is 13.2. The fourth-order valence-corrected chi connectivity index (χ4v) is 4.42. The van der Waals surface area contributed by atoms with E-state index in [0.29, 0.717) is 38.3 Å². The molecule has 2 aromatic carbocycles. The summed E-state index contributed by atoms with van der Waals surface area (Å²) in [6, 6.07) is 12.2. The lowest BCUT2D eigenvalue weighted by Crippen LogP contribution is -2.55. The number of rotatable bonds is 7. The highest BCUT2D eigenvalue weighted by atomic mass is 16.6. The molecule has 0 bridgehead atoms. The van der Waals surface area contributed by atoms with E-state index in [0.717, 1.165) is 12.0 Å². The fraction of sp³-hybridized carbons (Fsp3) is 0.391. The number of nitro benzene ring substituents is 1. The number of hydrogen-bond donors (Lipinski definition) is 1. The Hall–Kier alpha value is -3.46. The van der Waals surface area contributed by atoms with Gasteiger partial charge in [0.25, 0.3) is 11.6 Å². The molecule has 9 heteroatoms. The number of nitrogens with zero attached hydrogens (tertiary/aromatic N) is 3. The summed E-state index contributed by atoms with van der Waals surface area (Å²) < 4.78 is 4.99. The van der Waals surface area contributed by atoms with Crippen LogP contribution in [0.25, 0.3) is 0 Å². The number of anilines is 1. The predicted molar refractivity (Wildman–Crippen MR) is 119 cm³/mol. The van der Waals surface area contributed by atoms with E-state index in [1.807, 2.05) is 23.1 Å². The highest BCUT2D eigenvalue weighted by Gasteiger charge is 2.38. The van der Waals surface area contributed by atoms with E-state index in [4.69, 9.17) is 4.74 Å². The summed E-state index contributed by atoms with van der Waals surface area (Å²) in [7, 11) is 1.60. The van der Waals surface area contributed by atoms with Crippen LogP contribution in [0.4, 0.5) is 11.4 Å². The summed E-state index contributed by atoms with van der Waals surface area (Å²) in [4.78, 5) is 40.4. The maximum Gasteiger partial charge on any atom is 0.293 e. The number of piperazine rings is 1. The third-order valence-electron chi connectivity index (χ3n) is 6.02. The highest BCUT2D eigenvalue weighted by Crippen LogP contribution is 2.34. The summed E-state index contributed by atoms with van der Waals surface area (Å²) in [5.41, 5.74) is 2.64. The molecule has 0 saturated carbocycles. The number of ether oxygens (including phenoxy) is 1. The van der Waals surface area contributed by atoms with Crippen molar-refractivity contribution in [3.05, 3.63) is 69.3 Å². The number of benzene rings is 2. The first-order valence-corrected chi connectivity index (χ1v) is 10.7. The van der Waals surface area contributed by atoms with E-state index in [2.05, 4.69) is 11.4 Å². The van der Waals surface area contributed by atoms with Gasteiger partial charge in [-0.3, -0.25) is 19.7 Å². The molecule has 1 N–H and O–H groups in total. The van der Waals surface area contributed by atoms with Gasteiger partial charge in [0.05, 0.1) is 11.0 Å². The monoisotopic (exact) mass is 438 g/mol. The van der Waals surface area contributed by atoms with Gasteiger partial charge in [-0.2, -0.15) is 0 Å². The van der Waals surface area contributed by atoms with E-state index >= 15 is 0 Å². The SMILES string of the molecule is COCCCNc1ccc(C(=O)N2CC(=O)N3CCc4ccccc4C3C2)cc1[N+](=O)[O-]. The summed E-state index contributed by atoms with van der Waals surface area (Å²) in [5, 5.41) is 14.6. The van der Waals surface area contributed by atoms with Crippen LogP contribution in [0, 0.1) is 10.1 Å². The zero-order chi connectivity index (χ0) is 22.7. The minimum absolute atomic E-state index is 0.0255. The van der Waals surface area contributed by atoms with Crippen molar-refractivity contribution in [3.63, 3.8) is 0 Å². The van der Waals surface area contributed by atoms with Gasteiger partial charge in [-0.25, -0.2) is 0 Å². The second-order valence-corrected chi connectivity index (χ2v) is 8.00. The lowest BCUT2D eigenvalue weighted by atomic mass is 9.90. The second-order valence-electron chi connectivity index (χ2n) is 8.00. The van der Waals surface area contributed by atoms with Crippen molar-refractivity contribution in [2.75, 3.05) is 45.2 Å². The molecule has 2 aliphatic rings. The van der Waals surface area contributed by atoms with Crippen molar-refractivity contribution in [1.82, 2.24) is 9.80 Å². The lowest BCUT2D eigenvalue weighted by molar-refractivity contribution is -0.384. The first-order chi connectivity index (χ1) is 15.5. The Morgan fingerprint density at radius 2 is 2.09 bits per heavy atom. The van der Waals surface area contributed by atoms with Gasteiger partial charge in [0, 0.05) is 45.0 Å². The van der Waals surface area contributed by atoms with Crippen LogP contribution in [0.15, 0.2) is 42.5 Å². The molecule has 0 aliphatic carbocycles. The summed E-state index contributed by atoms with van der Waals surface area (Å²) in [6.07, 6.45) is 1.50. The molecule has 1 atom stereocenters. The molecule has 2 heterocycles. The second kappa shape index (κ2) is 9.35. The van der Waals surface area contributed by atoms with E-state index in [1.54, 1.807) is 19.2 Å². The van der Waals surface area contributed by atoms with E-state index in [1.165, 1.54) is 16.5 Å². The topological polar surface area (TPSA) is 105 Å². The third kappa shape index (κ3) is 4.29. The standard InChI is InChI=1S/C23H26N4O5/c1-32-12-4-10-24-19-8-7-17(13-20(19)27(30)31)23(29)25-14-21-18-6-3-2-5-16(18)9-11-26(21)22(28)15-25/h2-3,5-8,13,21,24H,4,9-12,14-15H2,1H3. The highest BCUT2D eigenvalue weighted by molar-refractivity contribution is 5.98. The minimum Gasteiger partial charge on any atom is -0.385 e. The molecule has 2 aliphatic heterocycles. The summed E-state index contributed by atoms with van der Waals surface area (Å²) in [5.74, 6) is -0.481. The molecule has 32 heavy (non-hydrogen) atoms. The van der Waals surface area contributed by atoms with Crippen LogP contribution in [0.5, 0.6) is 0 Å². The van der Waals surface area contributed by atoms with E-state index < -0.39 is 4.92 Å². The Morgan fingerprint density at radius 3 is 2.88 bits per heavy atom. The molecule has 2 amide bonds. The molecule has 1 fully saturated rings. The smallest absolute Gasteiger partial charge is 0.293 e. The zero-order valence-electron chi connectivity index (χ0n) is 18.0. The molecule has 1 unspecified atom stereocenters. The Balaban J connectivity index is 1.55. The maximum absolute atomic E-state index is 13.2. The number of carbonyl (C=O) groups is 2. The van der Waals surface area contributed by atoms with Crippen molar-refractivity contribution in [1.29, 1.82) is 0 Å². The number of carbonyl (C=O) groups excluding carboxylic acids is 2. The number of nitrogens with one attached hydrogen (secondary N) is 1. The average Bonchev–Trinajstić information content (AvgIpc) is 2.81. The average molecular weight is 438 g/mol. The number of hydrogen-bond acceptors (Lipinski definition) is 6. The lowest BCUT2D eigenvalue weighted by Gasteiger charge is -2.44. The van der Waals surface area contributed by atoms with Gasteiger partial charge < -0.3 is 19.9 Å². The van der Waals surface area contributed by atoms with Gasteiger partial charge in [-0.05, 0) is 36.1 Å². The molecule has 9 nitrogen and oxygen atoms in total. The van der Waals surface area contributed by atoms with E-state index in [9.17, 15) is 19.7 Å². The van der Waals surface area contributed by atoms with E-state index in [-0.39, 0.29) is 35.7 Å². The van der Waals surface area contributed by atoms with Crippen LogP contribution < -0.4 is 5.32 Å². The molecule has 4 rings (SSSR count). The van der Waals surface area contributed by atoms with Crippen LogP contribution >= 0.6 is 0 Å². The zero-order valence-corrected chi connectivity index (χ0v) is 18.0. The Kier molecular flexibility index (Phi) is 6.36. The van der Waals surface area contributed by atoms with Gasteiger partial charge in [0.15, 0.2) is 0 Å². The number of nitro groups is 1. The van der Waals surface area contributed by atoms with Gasteiger partial charge in [-0.15, -0.1) is 0 Å². The number of fused-ring (bicyclic) bond motifs is 3. The Labute approximate surface area is 186 Å². The normalized spacial score (nSPS) is 17.5. The largest absolute Gasteiger partial charge is 0.385 e. The molecule has 0 spiro atoms. The molecule has 0 aromatic heterocycles. The first kappa shape index (κ1) is 21.8. The first-order valence-electron chi connectivity index (χ1n) is 10.7.